The highest BCUT2D eigenvalue weighted by Crippen LogP contribution is 2.52. The molecular weight excluding hydrogens is 362 g/mol. The Bertz CT molecular complexity index is 918. The molecule has 0 saturated carbocycles. The fourth-order valence-electron chi connectivity index (χ4n) is 2.77. The van der Waals surface area contributed by atoms with E-state index in [1.54, 1.807) is 17.8 Å². The monoisotopic (exact) mass is 377 g/mol. The molecule has 2 aliphatic heterocycles. The van der Waals surface area contributed by atoms with Gasteiger partial charge in [-0.2, -0.15) is 0 Å². The van der Waals surface area contributed by atoms with Crippen LogP contribution in [0.2, 0.25) is 0 Å². The Kier molecular flexibility index (Phi) is 3.51. The molecule has 0 radical (unpaired) electrons. The summed E-state index contributed by atoms with van der Waals surface area (Å²) in [5, 5.41) is 35.1. The number of aromatic nitrogens is 3. The third kappa shape index (κ3) is 2.47. The molecule has 10 heteroatoms. The zero-order valence-corrected chi connectivity index (χ0v) is 15.3. The molecule has 0 fully saturated rings. The highest BCUT2D eigenvalue weighted by Gasteiger charge is 2.42. The van der Waals surface area contributed by atoms with Gasteiger partial charge in [0.2, 0.25) is 5.16 Å². The van der Waals surface area contributed by atoms with Crippen molar-refractivity contribution in [1.82, 2.24) is 14.9 Å². The van der Waals surface area contributed by atoms with Crippen molar-refractivity contribution in [2.75, 3.05) is 5.01 Å². The molecule has 8 nitrogen and oxygen atoms in total. The molecule has 25 heavy (non-hydrogen) atoms. The number of nitro benzene ring substituents is 1. The minimum absolute atomic E-state index is 0.180. The minimum Gasteiger partial charge on any atom is -0.502 e. The molecule has 1 aromatic carbocycles. The molecular formula is C15H15N5O3S2. The lowest BCUT2D eigenvalue weighted by Crippen LogP contribution is -2.34. The number of phenolic OH excluding ortho intramolecular Hbond substituents is 1. The van der Waals surface area contributed by atoms with Crippen LogP contribution in [-0.4, -0.2) is 24.9 Å². The van der Waals surface area contributed by atoms with Crippen LogP contribution in [0.1, 0.15) is 37.5 Å². The summed E-state index contributed by atoms with van der Waals surface area (Å²) in [6.07, 6.45) is 0. The fourth-order valence-corrected chi connectivity index (χ4v) is 4.98. The Morgan fingerprint density at radius 3 is 2.76 bits per heavy atom. The minimum atomic E-state index is -0.573. The smallest absolute Gasteiger partial charge is 0.311 e. The second kappa shape index (κ2) is 5.40. The van der Waals surface area contributed by atoms with Gasteiger partial charge in [0.1, 0.15) is 10.4 Å². The second-order valence-electron chi connectivity index (χ2n) is 6.76. The zero-order valence-electron chi connectivity index (χ0n) is 13.7. The number of aromatic hydroxyl groups is 1. The average molecular weight is 377 g/mol. The molecule has 3 heterocycles. The van der Waals surface area contributed by atoms with Crippen LogP contribution in [0.4, 0.5) is 5.69 Å². The third-order valence-corrected chi connectivity index (χ3v) is 6.11. The Hall–Kier alpha value is -2.20. The van der Waals surface area contributed by atoms with Gasteiger partial charge < -0.3 is 5.11 Å². The Balaban J connectivity index is 1.79. The van der Waals surface area contributed by atoms with Gasteiger partial charge >= 0.3 is 5.69 Å². The fraction of sp³-hybridized carbons (Fsp3) is 0.333. The maximum Gasteiger partial charge on any atom is 0.311 e. The van der Waals surface area contributed by atoms with Crippen molar-refractivity contribution in [2.45, 2.75) is 36.7 Å². The molecule has 1 N–H and O–H groups in total. The van der Waals surface area contributed by atoms with Crippen LogP contribution in [0.15, 0.2) is 33.8 Å². The van der Waals surface area contributed by atoms with Gasteiger partial charge in [-0.25, -0.2) is 4.68 Å². The molecule has 1 atom stereocenters. The normalized spacial score (nSPS) is 18.9. The third-order valence-electron chi connectivity index (χ3n) is 3.92. The van der Waals surface area contributed by atoms with E-state index < -0.39 is 4.92 Å². The lowest BCUT2D eigenvalue weighted by molar-refractivity contribution is -0.385. The average Bonchev–Trinajstić information content (AvgIpc) is 3.17. The van der Waals surface area contributed by atoms with Crippen molar-refractivity contribution in [3.8, 4) is 5.75 Å². The number of hydrogen-bond acceptors (Lipinski definition) is 8. The van der Waals surface area contributed by atoms with E-state index in [0.29, 0.717) is 0 Å². The van der Waals surface area contributed by atoms with E-state index in [-0.39, 0.29) is 22.2 Å². The van der Waals surface area contributed by atoms with Gasteiger partial charge in [-0.1, -0.05) is 38.6 Å². The Morgan fingerprint density at radius 1 is 1.32 bits per heavy atom. The van der Waals surface area contributed by atoms with Gasteiger partial charge in [0.15, 0.2) is 11.6 Å². The van der Waals surface area contributed by atoms with E-state index in [1.807, 2.05) is 10.1 Å². The van der Waals surface area contributed by atoms with E-state index in [0.717, 1.165) is 21.6 Å². The van der Waals surface area contributed by atoms with Crippen LogP contribution >= 0.6 is 23.5 Å². The lowest BCUT2D eigenvalue weighted by Gasteiger charge is -2.28. The number of thioether (sulfide) groups is 2. The lowest BCUT2D eigenvalue weighted by atomic mass is 9.96. The number of nitrogens with zero attached hydrogens (tertiary/aromatic N) is 5. The summed E-state index contributed by atoms with van der Waals surface area (Å²) in [5.41, 5.74) is 0.251. The Morgan fingerprint density at radius 2 is 2.08 bits per heavy atom. The second-order valence-corrected chi connectivity index (χ2v) is 8.71. The summed E-state index contributed by atoms with van der Waals surface area (Å²) in [6.45, 7) is 6.21. The van der Waals surface area contributed by atoms with Gasteiger partial charge in [0.25, 0.3) is 0 Å². The summed E-state index contributed by atoms with van der Waals surface area (Å²) < 4.78 is 1.99. The molecule has 0 amide bonds. The van der Waals surface area contributed by atoms with Gasteiger partial charge in [0.05, 0.1) is 4.92 Å². The van der Waals surface area contributed by atoms with Gasteiger partial charge in [-0.15, -0.1) is 10.2 Å². The van der Waals surface area contributed by atoms with E-state index in [4.69, 9.17) is 0 Å². The maximum atomic E-state index is 11.1. The van der Waals surface area contributed by atoms with Gasteiger partial charge in [0, 0.05) is 16.9 Å². The van der Waals surface area contributed by atoms with Crippen molar-refractivity contribution in [1.29, 1.82) is 0 Å². The quantitative estimate of drug-likeness (QED) is 0.627. The van der Waals surface area contributed by atoms with Crippen molar-refractivity contribution in [2.24, 2.45) is 0 Å². The molecule has 0 spiro atoms. The first-order valence-corrected chi connectivity index (χ1v) is 9.29. The first kappa shape index (κ1) is 16.3. The summed E-state index contributed by atoms with van der Waals surface area (Å²) in [5.74, 6) is 0.500. The van der Waals surface area contributed by atoms with Crippen molar-refractivity contribution in [3.63, 3.8) is 0 Å². The molecule has 1 aromatic heterocycles. The molecule has 2 aliphatic rings. The van der Waals surface area contributed by atoms with Crippen LogP contribution in [0.25, 0.3) is 0 Å². The summed E-state index contributed by atoms with van der Waals surface area (Å²) in [4.78, 5) is 10.6. The number of phenols is 1. The van der Waals surface area contributed by atoms with E-state index in [9.17, 15) is 15.2 Å². The maximum absolute atomic E-state index is 11.1. The standard InChI is InChI=1S/C15H15N5O3S2/c1-15(2,3)13-16-17-14-19(13)18-11(25-14)7-24-12(18)8-4-5-10(21)9(6-8)20(22)23/h4-7,12,21H,1-3H3. The molecule has 2 aromatic rings. The molecule has 4 rings (SSSR count). The van der Waals surface area contributed by atoms with E-state index >= 15 is 0 Å². The molecule has 1 unspecified atom stereocenters. The predicted octanol–water partition coefficient (Wildman–Crippen LogP) is 3.48. The van der Waals surface area contributed by atoms with Gasteiger partial charge in [-0.05, 0) is 23.4 Å². The number of fused-ring (bicyclic) bond motifs is 3. The van der Waals surface area contributed by atoms with Gasteiger partial charge in [-0.3, -0.25) is 15.1 Å². The van der Waals surface area contributed by atoms with E-state index in [1.165, 1.54) is 23.9 Å². The van der Waals surface area contributed by atoms with Crippen LogP contribution < -0.4 is 5.01 Å². The van der Waals surface area contributed by atoms with Crippen molar-refractivity contribution in [3.05, 3.63) is 50.1 Å². The van der Waals surface area contributed by atoms with Crippen LogP contribution in [0.3, 0.4) is 0 Å². The van der Waals surface area contributed by atoms with Crippen LogP contribution in [0, 0.1) is 10.1 Å². The SMILES string of the molecule is CC(C)(C)c1nnc2n1N1C(=CSC1c1ccc(O)c([N+](=O)[O-])c1)S2. The largest absolute Gasteiger partial charge is 0.502 e. The summed E-state index contributed by atoms with van der Waals surface area (Å²) in [7, 11) is 0. The Labute approximate surface area is 152 Å². The molecule has 130 valence electrons. The number of hydrogen-bond donors (Lipinski definition) is 1. The molecule has 0 aliphatic carbocycles. The van der Waals surface area contributed by atoms with Crippen LogP contribution in [0.5, 0.6) is 5.75 Å². The van der Waals surface area contributed by atoms with Crippen molar-refractivity contribution < 1.29 is 10.0 Å². The van der Waals surface area contributed by atoms with Crippen LogP contribution in [-0.2, 0) is 5.41 Å². The molecule has 0 bridgehead atoms. The molecule has 0 saturated heterocycles. The zero-order chi connectivity index (χ0) is 17.9. The first-order valence-electron chi connectivity index (χ1n) is 7.53. The number of rotatable bonds is 2. The number of benzene rings is 1. The first-order chi connectivity index (χ1) is 11.8. The highest BCUT2D eigenvalue weighted by molar-refractivity contribution is 8.07. The summed E-state index contributed by atoms with van der Waals surface area (Å²) >= 11 is 3.09. The van der Waals surface area contributed by atoms with Crippen molar-refractivity contribution >= 4 is 29.2 Å². The van der Waals surface area contributed by atoms with E-state index in [2.05, 4.69) is 36.0 Å². The summed E-state index contributed by atoms with van der Waals surface area (Å²) in [6, 6.07) is 4.50. The highest BCUT2D eigenvalue weighted by atomic mass is 32.2. The predicted molar refractivity (Wildman–Crippen MR) is 96.0 cm³/mol. The topological polar surface area (TPSA) is 97.3 Å². The number of nitro groups is 1.